The highest BCUT2D eigenvalue weighted by Crippen LogP contribution is 2.38. The lowest BCUT2D eigenvalue weighted by atomic mass is 10.00. The van der Waals surface area contributed by atoms with Crippen molar-refractivity contribution < 1.29 is 4.39 Å². The molecule has 0 bridgehead atoms. The van der Waals surface area contributed by atoms with Crippen LogP contribution in [-0.2, 0) is 0 Å². The van der Waals surface area contributed by atoms with Crippen LogP contribution in [0.15, 0.2) is 60.9 Å². The smallest absolute Gasteiger partial charge is 0.140 e. The SMILES string of the molecule is CCCCN(CC)c1ccc2c(-c3ccncc3)c(-c3ccc(F)cc3)[nH]c2n1. The number of benzene rings is 1. The summed E-state index contributed by atoms with van der Waals surface area (Å²) in [5, 5.41) is 1.05. The predicted octanol–water partition coefficient (Wildman–Crippen LogP) is 6.06. The van der Waals surface area contributed by atoms with Crippen molar-refractivity contribution in [1.82, 2.24) is 15.0 Å². The second-order valence-corrected chi connectivity index (χ2v) is 7.12. The van der Waals surface area contributed by atoms with E-state index < -0.39 is 0 Å². The summed E-state index contributed by atoms with van der Waals surface area (Å²) in [5.41, 5.74) is 4.82. The topological polar surface area (TPSA) is 44.8 Å². The number of nitrogens with one attached hydrogen (secondary N) is 1. The Hall–Kier alpha value is -3.21. The lowest BCUT2D eigenvalue weighted by molar-refractivity contribution is 0.628. The van der Waals surface area contributed by atoms with Crippen molar-refractivity contribution in [3.63, 3.8) is 0 Å². The van der Waals surface area contributed by atoms with Gasteiger partial charge < -0.3 is 9.88 Å². The lowest BCUT2D eigenvalue weighted by Gasteiger charge is -2.21. The van der Waals surface area contributed by atoms with Crippen LogP contribution < -0.4 is 4.90 Å². The first-order valence-electron chi connectivity index (χ1n) is 10.1. The zero-order valence-electron chi connectivity index (χ0n) is 16.8. The summed E-state index contributed by atoms with van der Waals surface area (Å²) in [5.74, 6) is 0.729. The third-order valence-corrected chi connectivity index (χ3v) is 5.23. The van der Waals surface area contributed by atoms with Crippen LogP contribution in [0.4, 0.5) is 10.2 Å². The molecule has 0 radical (unpaired) electrons. The van der Waals surface area contributed by atoms with Gasteiger partial charge in [-0.25, -0.2) is 9.37 Å². The van der Waals surface area contributed by atoms with Gasteiger partial charge in [0.05, 0.1) is 5.69 Å². The molecule has 0 aliphatic rings. The molecule has 0 saturated heterocycles. The molecule has 0 unspecified atom stereocenters. The number of rotatable bonds is 7. The Balaban J connectivity index is 1.88. The quantitative estimate of drug-likeness (QED) is 0.419. The highest BCUT2D eigenvalue weighted by molar-refractivity contribution is 6.02. The van der Waals surface area contributed by atoms with Crippen LogP contribution in [-0.4, -0.2) is 28.0 Å². The number of anilines is 1. The Bertz CT molecular complexity index is 1090. The molecule has 0 aliphatic carbocycles. The van der Waals surface area contributed by atoms with Gasteiger partial charge in [0.15, 0.2) is 0 Å². The van der Waals surface area contributed by atoms with Crippen LogP contribution >= 0.6 is 0 Å². The normalized spacial score (nSPS) is 11.1. The van der Waals surface area contributed by atoms with Crippen LogP contribution in [0, 0.1) is 5.82 Å². The fraction of sp³-hybridized carbons (Fsp3) is 0.250. The van der Waals surface area contributed by atoms with Crippen molar-refractivity contribution >= 4 is 16.9 Å². The molecule has 4 nitrogen and oxygen atoms in total. The first-order chi connectivity index (χ1) is 14.2. The van der Waals surface area contributed by atoms with Gasteiger partial charge >= 0.3 is 0 Å². The van der Waals surface area contributed by atoms with Crippen molar-refractivity contribution in [2.75, 3.05) is 18.0 Å². The predicted molar refractivity (Wildman–Crippen MR) is 118 cm³/mol. The molecule has 0 spiro atoms. The van der Waals surface area contributed by atoms with Crippen LogP contribution in [0.3, 0.4) is 0 Å². The highest BCUT2D eigenvalue weighted by atomic mass is 19.1. The molecular formula is C24H25FN4. The monoisotopic (exact) mass is 388 g/mol. The van der Waals surface area contributed by atoms with Gasteiger partial charge in [0, 0.05) is 36.4 Å². The highest BCUT2D eigenvalue weighted by Gasteiger charge is 2.17. The number of halogens is 1. The number of unbranched alkanes of at least 4 members (excludes halogenated alkanes) is 1. The molecule has 4 rings (SSSR count). The van der Waals surface area contributed by atoms with Gasteiger partial charge in [-0.05, 0) is 73.0 Å². The van der Waals surface area contributed by atoms with Crippen molar-refractivity contribution in [1.29, 1.82) is 0 Å². The maximum Gasteiger partial charge on any atom is 0.140 e. The zero-order chi connectivity index (χ0) is 20.2. The minimum absolute atomic E-state index is 0.245. The number of nitrogens with zero attached hydrogens (tertiary/aromatic N) is 3. The van der Waals surface area contributed by atoms with E-state index in [0.717, 1.165) is 65.2 Å². The molecule has 0 fully saturated rings. The Morgan fingerprint density at radius 2 is 1.69 bits per heavy atom. The summed E-state index contributed by atoms with van der Waals surface area (Å²) in [6.07, 6.45) is 5.87. The molecule has 0 atom stereocenters. The second kappa shape index (κ2) is 8.43. The number of fused-ring (bicyclic) bond motifs is 1. The van der Waals surface area contributed by atoms with E-state index in [0.29, 0.717) is 0 Å². The third kappa shape index (κ3) is 3.86. The number of hydrogen-bond acceptors (Lipinski definition) is 3. The maximum absolute atomic E-state index is 13.5. The third-order valence-electron chi connectivity index (χ3n) is 5.23. The second-order valence-electron chi connectivity index (χ2n) is 7.12. The van der Waals surface area contributed by atoms with E-state index in [4.69, 9.17) is 4.98 Å². The fourth-order valence-corrected chi connectivity index (χ4v) is 3.67. The molecule has 29 heavy (non-hydrogen) atoms. The fourth-order valence-electron chi connectivity index (χ4n) is 3.67. The summed E-state index contributed by atoms with van der Waals surface area (Å²) in [7, 11) is 0. The maximum atomic E-state index is 13.5. The van der Waals surface area contributed by atoms with Crippen LogP contribution in [0.5, 0.6) is 0 Å². The van der Waals surface area contributed by atoms with E-state index in [1.165, 1.54) is 12.1 Å². The van der Waals surface area contributed by atoms with Gasteiger partial charge in [-0.1, -0.05) is 13.3 Å². The molecule has 0 saturated carbocycles. The summed E-state index contributed by atoms with van der Waals surface area (Å²) in [6.45, 7) is 6.27. The van der Waals surface area contributed by atoms with E-state index in [9.17, 15) is 4.39 Å². The number of pyridine rings is 2. The zero-order valence-corrected chi connectivity index (χ0v) is 16.8. The largest absolute Gasteiger partial charge is 0.357 e. The van der Waals surface area contributed by atoms with Gasteiger partial charge in [-0.3, -0.25) is 4.98 Å². The Morgan fingerprint density at radius 3 is 2.38 bits per heavy atom. The van der Waals surface area contributed by atoms with E-state index >= 15 is 0 Å². The van der Waals surface area contributed by atoms with Crippen molar-refractivity contribution in [3.8, 4) is 22.4 Å². The Labute approximate surface area is 170 Å². The van der Waals surface area contributed by atoms with E-state index in [1.807, 2.05) is 12.1 Å². The number of aromatic amines is 1. The molecule has 148 valence electrons. The van der Waals surface area contributed by atoms with Gasteiger partial charge in [0.1, 0.15) is 17.3 Å². The molecule has 1 aromatic carbocycles. The minimum Gasteiger partial charge on any atom is -0.357 e. The standard InChI is InChI=1S/C24H25FN4/c1-3-5-16-29(4-2)21-11-10-20-22(17-12-14-26-15-13-17)23(28-24(20)27-21)18-6-8-19(25)9-7-18/h6-15H,3-5,16H2,1-2H3,(H,27,28). The number of aromatic nitrogens is 3. The summed E-state index contributed by atoms with van der Waals surface area (Å²) < 4.78 is 13.5. The van der Waals surface area contributed by atoms with Gasteiger partial charge in [-0.2, -0.15) is 0 Å². The summed E-state index contributed by atoms with van der Waals surface area (Å²) >= 11 is 0. The molecule has 3 heterocycles. The Morgan fingerprint density at radius 1 is 0.931 bits per heavy atom. The minimum atomic E-state index is -0.245. The first kappa shape index (κ1) is 19.1. The first-order valence-corrected chi connectivity index (χ1v) is 10.1. The van der Waals surface area contributed by atoms with E-state index in [-0.39, 0.29) is 5.82 Å². The molecule has 3 aromatic heterocycles. The molecule has 5 heteroatoms. The van der Waals surface area contributed by atoms with Crippen LogP contribution in [0.25, 0.3) is 33.4 Å². The molecule has 0 amide bonds. The number of H-pyrrole nitrogens is 1. The number of hydrogen-bond donors (Lipinski definition) is 1. The Kier molecular flexibility index (Phi) is 5.56. The summed E-state index contributed by atoms with van der Waals surface area (Å²) in [4.78, 5) is 14.9. The van der Waals surface area contributed by atoms with Crippen molar-refractivity contribution in [2.24, 2.45) is 0 Å². The average Bonchev–Trinajstić information content (AvgIpc) is 3.14. The van der Waals surface area contributed by atoms with Crippen LogP contribution in [0.2, 0.25) is 0 Å². The van der Waals surface area contributed by atoms with Gasteiger partial charge in [0.2, 0.25) is 0 Å². The summed E-state index contributed by atoms with van der Waals surface area (Å²) in [6, 6.07) is 14.8. The van der Waals surface area contributed by atoms with Gasteiger partial charge in [0.25, 0.3) is 0 Å². The van der Waals surface area contributed by atoms with E-state index in [2.05, 4.69) is 40.8 Å². The molecule has 1 N–H and O–H groups in total. The van der Waals surface area contributed by atoms with Gasteiger partial charge in [-0.15, -0.1) is 0 Å². The van der Waals surface area contributed by atoms with Crippen LogP contribution in [0.1, 0.15) is 26.7 Å². The van der Waals surface area contributed by atoms with Crippen molar-refractivity contribution in [2.45, 2.75) is 26.7 Å². The van der Waals surface area contributed by atoms with E-state index in [1.54, 1.807) is 24.5 Å². The molecule has 0 aliphatic heterocycles. The van der Waals surface area contributed by atoms with Crippen molar-refractivity contribution in [3.05, 3.63) is 66.7 Å². The lowest BCUT2D eigenvalue weighted by Crippen LogP contribution is -2.24. The molecular weight excluding hydrogens is 363 g/mol. The molecule has 4 aromatic rings. The average molecular weight is 388 g/mol.